The summed E-state index contributed by atoms with van der Waals surface area (Å²) in [4.78, 5) is 0. The number of benzene rings is 1. The maximum atomic E-state index is 15.3. The largest absolute Gasteiger partial charge is 0.432 e. The molecule has 0 bridgehead atoms. The minimum atomic E-state index is -5.12. The molecule has 1 aromatic carbocycles. The van der Waals surface area contributed by atoms with E-state index in [0.29, 0.717) is 43.4 Å². The molecule has 0 amide bonds. The van der Waals surface area contributed by atoms with Gasteiger partial charge in [0.25, 0.3) is 0 Å². The smallest absolute Gasteiger partial charge is 0.422 e. The van der Waals surface area contributed by atoms with E-state index in [4.69, 9.17) is 4.74 Å². The van der Waals surface area contributed by atoms with Crippen molar-refractivity contribution in [1.82, 2.24) is 0 Å². The molecule has 1 nitrogen and oxygen atoms in total. The van der Waals surface area contributed by atoms with Gasteiger partial charge in [0.15, 0.2) is 0 Å². The van der Waals surface area contributed by atoms with E-state index in [1.54, 1.807) is 0 Å². The van der Waals surface area contributed by atoms with Crippen LogP contribution in [0.25, 0.3) is 0 Å². The van der Waals surface area contributed by atoms with Gasteiger partial charge in [-0.15, -0.1) is 0 Å². The fourth-order valence-corrected chi connectivity index (χ4v) is 7.60. The number of halogens is 6. The van der Waals surface area contributed by atoms with Gasteiger partial charge in [-0.2, -0.15) is 22.0 Å². The average Bonchev–Trinajstić information content (AvgIpc) is 2.89. The van der Waals surface area contributed by atoms with E-state index in [1.807, 2.05) is 0 Å². The Kier molecular flexibility index (Phi) is 10.2. The Morgan fingerprint density at radius 2 is 1.36 bits per heavy atom. The summed E-state index contributed by atoms with van der Waals surface area (Å²) in [5.74, 6) is -1.85. The van der Waals surface area contributed by atoms with Gasteiger partial charge in [-0.3, -0.25) is 0 Å². The second kappa shape index (κ2) is 13.1. The van der Waals surface area contributed by atoms with Crippen LogP contribution < -0.4 is 4.74 Å². The molecule has 1 aromatic rings. The Bertz CT molecular complexity index is 904. The molecule has 4 rings (SSSR count). The van der Waals surface area contributed by atoms with E-state index < -0.39 is 35.3 Å². The Hall–Kier alpha value is -1.40. The van der Waals surface area contributed by atoms with Gasteiger partial charge in [-0.25, -0.2) is 4.39 Å². The number of hydrogen-bond donors (Lipinski definition) is 0. The van der Waals surface area contributed by atoms with Crippen molar-refractivity contribution in [2.45, 2.75) is 135 Å². The van der Waals surface area contributed by atoms with Crippen molar-refractivity contribution >= 4 is 0 Å². The second-order valence-corrected chi connectivity index (χ2v) is 12.8. The van der Waals surface area contributed by atoms with E-state index in [2.05, 4.69) is 13.8 Å². The first-order valence-electron chi connectivity index (χ1n) is 15.5. The fourth-order valence-electron chi connectivity index (χ4n) is 7.60. The fraction of sp³-hybridized carbons (Fsp3) is 0.812. The molecule has 3 fully saturated rings. The van der Waals surface area contributed by atoms with E-state index >= 15 is 13.2 Å². The van der Waals surface area contributed by atoms with Crippen LogP contribution in [0.3, 0.4) is 0 Å². The summed E-state index contributed by atoms with van der Waals surface area (Å²) in [5.41, 5.74) is -1.73. The molecule has 0 saturated heterocycles. The molecule has 0 spiro atoms. The van der Waals surface area contributed by atoms with Gasteiger partial charge >= 0.3 is 12.3 Å². The van der Waals surface area contributed by atoms with Crippen LogP contribution in [0.15, 0.2) is 12.1 Å². The quantitative estimate of drug-likeness (QED) is 0.216. The molecule has 0 radical (unpaired) electrons. The molecular weight excluding hydrogens is 514 g/mol. The van der Waals surface area contributed by atoms with Gasteiger partial charge in [0, 0.05) is 0 Å². The summed E-state index contributed by atoms with van der Waals surface area (Å²) >= 11 is 0. The standard InChI is InChI=1S/C32H46F6O/c1-3-4-5-6-22-9-13-23(14-10-22)24-15-17-26(18-16-24)32(37,38)39-28-20-19-27(25-11-7-21(2)8-12-25)30(33)29(28)31(34,35)36/h19-26H,3-18H2,1-2H3. The molecule has 3 aliphatic carbocycles. The van der Waals surface area contributed by atoms with Crippen LogP contribution in [0.1, 0.15) is 134 Å². The van der Waals surface area contributed by atoms with Crippen LogP contribution in [0.2, 0.25) is 0 Å². The van der Waals surface area contributed by atoms with E-state index in [0.717, 1.165) is 37.7 Å². The van der Waals surface area contributed by atoms with Gasteiger partial charge in [-0.05, 0) is 92.6 Å². The Morgan fingerprint density at radius 3 is 1.92 bits per heavy atom. The van der Waals surface area contributed by atoms with Gasteiger partial charge in [0.2, 0.25) is 0 Å². The first kappa shape index (κ1) is 30.6. The summed E-state index contributed by atoms with van der Waals surface area (Å²) in [6.07, 6.45) is 5.45. The molecule has 7 heteroatoms. The number of unbranched alkanes of at least 4 members (excludes halogenated alkanes) is 2. The van der Waals surface area contributed by atoms with Crippen molar-refractivity contribution < 1.29 is 31.1 Å². The zero-order valence-corrected chi connectivity index (χ0v) is 23.6. The summed E-state index contributed by atoms with van der Waals surface area (Å²) in [5, 5.41) is 0. The van der Waals surface area contributed by atoms with E-state index in [9.17, 15) is 13.2 Å². The minimum absolute atomic E-state index is 0.0366. The number of hydrogen-bond acceptors (Lipinski definition) is 1. The van der Waals surface area contributed by atoms with E-state index in [-0.39, 0.29) is 24.3 Å². The monoisotopic (exact) mass is 560 g/mol. The first-order valence-corrected chi connectivity index (χ1v) is 15.5. The first-order chi connectivity index (χ1) is 18.5. The average molecular weight is 561 g/mol. The minimum Gasteiger partial charge on any atom is -0.432 e. The van der Waals surface area contributed by atoms with Crippen molar-refractivity contribution in [3.63, 3.8) is 0 Å². The SMILES string of the molecule is CCCCCC1CCC(C2CCC(C(F)(F)Oc3ccc(C4CCC(C)CC4)c(F)c3C(F)(F)F)CC2)CC1. The van der Waals surface area contributed by atoms with E-state index in [1.165, 1.54) is 44.6 Å². The molecule has 0 N–H and O–H groups in total. The second-order valence-electron chi connectivity index (χ2n) is 12.8. The van der Waals surface area contributed by atoms with Crippen molar-refractivity contribution in [3.8, 4) is 5.75 Å². The maximum Gasteiger partial charge on any atom is 0.422 e. The lowest BCUT2D eigenvalue weighted by atomic mass is 9.68. The molecule has 3 saturated carbocycles. The van der Waals surface area contributed by atoms with Gasteiger partial charge in [0.05, 0.1) is 5.92 Å². The highest BCUT2D eigenvalue weighted by Gasteiger charge is 2.48. The summed E-state index contributed by atoms with van der Waals surface area (Å²) < 4.78 is 92.4. The highest BCUT2D eigenvalue weighted by Crippen LogP contribution is 2.49. The van der Waals surface area contributed by atoms with Crippen molar-refractivity contribution in [2.75, 3.05) is 0 Å². The van der Waals surface area contributed by atoms with Crippen LogP contribution in [-0.4, -0.2) is 6.11 Å². The van der Waals surface area contributed by atoms with Gasteiger partial charge < -0.3 is 4.74 Å². The van der Waals surface area contributed by atoms with Crippen LogP contribution >= 0.6 is 0 Å². The molecule has 0 heterocycles. The summed E-state index contributed by atoms with van der Waals surface area (Å²) in [6, 6.07) is 2.14. The molecule has 0 aliphatic heterocycles. The molecule has 0 atom stereocenters. The van der Waals surface area contributed by atoms with Crippen molar-refractivity contribution in [1.29, 1.82) is 0 Å². The van der Waals surface area contributed by atoms with Crippen LogP contribution in [0.4, 0.5) is 26.3 Å². The Morgan fingerprint density at radius 1 is 0.769 bits per heavy atom. The normalized spacial score (nSPS) is 30.8. The molecule has 3 aliphatic rings. The molecule has 222 valence electrons. The zero-order valence-electron chi connectivity index (χ0n) is 23.6. The lowest BCUT2D eigenvalue weighted by Crippen LogP contribution is -2.39. The predicted octanol–water partition coefficient (Wildman–Crippen LogP) is 11.3. The summed E-state index contributed by atoms with van der Waals surface area (Å²) in [6.45, 7) is 4.28. The lowest BCUT2D eigenvalue weighted by molar-refractivity contribution is -0.227. The van der Waals surface area contributed by atoms with Crippen LogP contribution in [0.5, 0.6) is 5.75 Å². The topological polar surface area (TPSA) is 9.23 Å². The Labute approximate surface area is 230 Å². The van der Waals surface area contributed by atoms with Crippen LogP contribution in [0, 0.1) is 35.4 Å². The zero-order chi connectivity index (χ0) is 28.2. The molecular formula is C32H46F6O. The highest BCUT2D eigenvalue weighted by atomic mass is 19.4. The predicted molar refractivity (Wildman–Crippen MR) is 142 cm³/mol. The Balaban J connectivity index is 1.37. The van der Waals surface area contributed by atoms with Crippen molar-refractivity contribution in [3.05, 3.63) is 29.1 Å². The molecule has 39 heavy (non-hydrogen) atoms. The third kappa shape index (κ3) is 7.67. The summed E-state index contributed by atoms with van der Waals surface area (Å²) in [7, 11) is 0. The van der Waals surface area contributed by atoms with Crippen molar-refractivity contribution in [2.24, 2.45) is 29.6 Å². The highest BCUT2D eigenvalue weighted by molar-refractivity contribution is 5.42. The number of rotatable bonds is 9. The maximum absolute atomic E-state index is 15.3. The lowest BCUT2D eigenvalue weighted by Gasteiger charge is -2.39. The molecule has 0 unspecified atom stereocenters. The molecule has 0 aromatic heterocycles. The number of alkyl halides is 5. The number of ether oxygens (including phenoxy) is 1. The third-order valence-electron chi connectivity index (χ3n) is 10.1. The van der Waals surface area contributed by atoms with Gasteiger partial charge in [0.1, 0.15) is 17.1 Å². The van der Waals surface area contributed by atoms with Crippen LogP contribution in [-0.2, 0) is 6.18 Å². The third-order valence-corrected chi connectivity index (χ3v) is 10.1. The van der Waals surface area contributed by atoms with Gasteiger partial charge in [-0.1, -0.05) is 71.3 Å².